The van der Waals surface area contributed by atoms with Crippen LogP contribution in [0.15, 0.2) is 24.3 Å². The molecule has 0 saturated carbocycles. The normalized spacial score (nSPS) is 10.0. The van der Waals surface area contributed by atoms with Gasteiger partial charge in [-0.05, 0) is 25.1 Å². The summed E-state index contributed by atoms with van der Waals surface area (Å²) in [5.74, 6) is 1.98. The smallest absolute Gasteiger partial charge is 0.238 e. The van der Waals surface area contributed by atoms with Crippen LogP contribution in [0.25, 0.3) is 0 Å². The van der Waals surface area contributed by atoms with Crippen molar-refractivity contribution in [3.8, 4) is 12.3 Å². The lowest BCUT2D eigenvalue weighted by Crippen LogP contribution is -2.39. The molecule has 0 spiro atoms. The maximum Gasteiger partial charge on any atom is 0.238 e. The Morgan fingerprint density at radius 1 is 1.24 bits per heavy atom. The standard InChI is InChI=1S/C16H21N3O2/c1-4-10-17-15(20)11-19(3)12-16(21)18-14-9-7-6-8-13(14)5-2/h1,6-9H,5,10-12H2,2-3H3,(H,17,20)(H,18,21). The number of terminal acetylenes is 1. The van der Waals surface area contributed by atoms with Gasteiger partial charge in [0.1, 0.15) is 0 Å². The van der Waals surface area contributed by atoms with Crippen molar-refractivity contribution in [3.05, 3.63) is 29.8 Å². The van der Waals surface area contributed by atoms with Crippen LogP contribution in [-0.4, -0.2) is 43.4 Å². The zero-order valence-corrected chi connectivity index (χ0v) is 12.5. The minimum atomic E-state index is -0.197. The molecule has 112 valence electrons. The van der Waals surface area contributed by atoms with Crippen LogP contribution < -0.4 is 10.6 Å². The van der Waals surface area contributed by atoms with Gasteiger partial charge < -0.3 is 10.6 Å². The molecular formula is C16H21N3O2. The number of hydrogen-bond acceptors (Lipinski definition) is 3. The second kappa shape index (κ2) is 8.77. The molecule has 0 fully saturated rings. The zero-order chi connectivity index (χ0) is 15.7. The van der Waals surface area contributed by atoms with E-state index < -0.39 is 0 Å². The Balaban J connectivity index is 2.46. The molecule has 5 heteroatoms. The summed E-state index contributed by atoms with van der Waals surface area (Å²) < 4.78 is 0. The Bertz CT molecular complexity index is 535. The minimum absolute atomic E-state index is 0.129. The van der Waals surface area contributed by atoms with Crippen molar-refractivity contribution in [1.29, 1.82) is 0 Å². The molecule has 0 aliphatic carbocycles. The molecule has 0 heterocycles. The SMILES string of the molecule is C#CCNC(=O)CN(C)CC(=O)Nc1ccccc1CC. The monoisotopic (exact) mass is 287 g/mol. The number of likely N-dealkylation sites (N-methyl/N-ethyl adjacent to an activating group) is 1. The van der Waals surface area contributed by atoms with E-state index in [1.807, 2.05) is 31.2 Å². The number of para-hydroxylation sites is 1. The van der Waals surface area contributed by atoms with Crippen molar-refractivity contribution in [2.24, 2.45) is 0 Å². The van der Waals surface area contributed by atoms with E-state index in [0.29, 0.717) is 0 Å². The lowest BCUT2D eigenvalue weighted by molar-refractivity contribution is -0.122. The van der Waals surface area contributed by atoms with E-state index in [-0.39, 0.29) is 31.4 Å². The number of nitrogens with one attached hydrogen (secondary N) is 2. The van der Waals surface area contributed by atoms with E-state index in [1.54, 1.807) is 11.9 Å². The van der Waals surface area contributed by atoms with Gasteiger partial charge in [0.2, 0.25) is 11.8 Å². The largest absolute Gasteiger partial charge is 0.344 e. The topological polar surface area (TPSA) is 61.4 Å². The first-order chi connectivity index (χ1) is 10.1. The summed E-state index contributed by atoms with van der Waals surface area (Å²) in [5.41, 5.74) is 1.90. The predicted molar refractivity (Wildman–Crippen MR) is 83.8 cm³/mol. The molecule has 0 unspecified atom stereocenters. The number of benzene rings is 1. The van der Waals surface area contributed by atoms with Crippen LogP contribution in [0.2, 0.25) is 0 Å². The van der Waals surface area contributed by atoms with Crippen molar-refractivity contribution in [2.75, 3.05) is 32.0 Å². The van der Waals surface area contributed by atoms with Gasteiger partial charge >= 0.3 is 0 Å². The molecule has 0 radical (unpaired) electrons. The van der Waals surface area contributed by atoms with E-state index in [0.717, 1.165) is 17.7 Å². The van der Waals surface area contributed by atoms with Gasteiger partial charge in [-0.3, -0.25) is 14.5 Å². The summed E-state index contributed by atoms with van der Waals surface area (Å²) >= 11 is 0. The number of nitrogens with zero attached hydrogens (tertiary/aromatic N) is 1. The van der Waals surface area contributed by atoms with Crippen LogP contribution in [0, 0.1) is 12.3 Å². The molecule has 0 bridgehead atoms. The molecule has 1 rings (SSSR count). The highest BCUT2D eigenvalue weighted by Crippen LogP contribution is 2.15. The molecule has 5 nitrogen and oxygen atoms in total. The van der Waals surface area contributed by atoms with Crippen LogP contribution in [0.5, 0.6) is 0 Å². The van der Waals surface area contributed by atoms with Crippen molar-refractivity contribution in [3.63, 3.8) is 0 Å². The second-order valence-electron chi connectivity index (χ2n) is 4.71. The number of aryl methyl sites for hydroxylation is 1. The van der Waals surface area contributed by atoms with Crippen molar-refractivity contribution in [2.45, 2.75) is 13.3 Å². The Hall–Kier alpha value is -2.32. The molecule has 0 aliphatic rings. The fourth-order valence-electron chi connectivity index (χ4n) is 1.89. The first kappa shape index (κ1) is 16.7. The molecule has 21 heavy (non-hydrogen) atoms. The summed E-state index contributed by atoms with van der Waals surface area (Å²) in [5, 5.41) is 5.42. The number of amides is 2. The van der Waals surface area contributed by atoms with Crippen LogP contribution >= 0.6 is 0 Å². The van der Waals surface area contributed by atoms with E-state index in [9.17, 15) is 9.59 Å². The van der Waals surface area contributed by atoms with Gasteiger partial charge in [0.05, 0.1) is 19.6 Å². The molecule has 2 amide bonds. The highest BCUT2D eigenvalue weighted by molar-refractivity contribution is 5.93. The van der Waals surface area contributed by atoms with E-state index in [4.69, 9.17) is 6.42 Å². The first-order valence-electron chi connectivity index (χ1n) is 6.83. The quantitative estimate of drug-likeness (QED) is 0.732. The lowest BCUT2D eigenvalue weighted by atomic mass is 10.1. The third kappa shape index (κ3) is 6.11. The van der Waals surface area contributed by atoms with Crippen molar-refractivity contribution < 1.29 is 9.59 Å². The third-order valence-electron chi connectivity index (χ3n) is 2.89. The maximum atomic E-state index is 12.0. The van der Waals surface area contributed by atoms with E-state index >= 15 is 0 Å². The molecular weight excluding hydrogens is 266 g/mol. The fourth-order valence-corrected chi connectivity index (χ4v) is 1.89. The van der Waals surface area contributed by atoms with Crippen LogP contribution in [0.3, 0.4) is 0 Å². The minimum Gasteiger partial charge on any atom is -0.344 e. The fraction of sp³-hybridized carbons (Fsp3) is 0.375. The third-order valence-corrected chi connectivity index (χ3v) is 2.89. The summed E-state index contributed by atoms with van der Waals surface area (Å²) in [7, 11) is 1.71. The van der Waals surface area contributed by atoms with Crippen LogP contribution in [0.1, 0.15) is 12.5 Å². The number of hydrogen-bond donors (Lipinski definition) is 2. The number of rotatable bonds is 7. The maximum absolute atomic E-state index is 12.0. The number of carbonyl (C=O) groups is 2. The average molecular weight is 287 g/mol. The summed E-state index contributed by atoms with van der Waals surface area (Å²) in [6.07, 6.45) is 5.91. The zero-order valence-electron chi connectivity index (χ0n) is 12.5. The molecule has 2 N–H and O–H groups in total. The highest BCUT2D eigenvalue weighted by atomic mass is 16.2. The van der Waals surface area contributed by atoms with Gasteiger partial charge in [0.15, 0.2) is 0 Å². The molecule has 1 aromatic carbocycles. The molecule has 0 saturated heterocycles. The number of carbonyl (C=O) groups excluding carboxylic acids is 2. The van der Waals surface area contributed by atoms with Gasteiger partial charge in [-0.2, -0.15) is 0 Å². The lowest BCUT2D eigenvalue weighted by Gasteiger charge is -2.16. The van der Waals surface area contributed by atoms with Gasteiger partial charge in [-0.1, -0.05) is 31.0 Å². The van der Waals surface area contributed by atoms with E-state index in [1.165, 1.54) is 0 Å². The Kier molecular flexibility index (Phi) is 6.99. The molecule has 0 aliphatic heterocycles. The number of anilines is 1. The molecule has 1 aromatic rings. The first-order valence-corrected chi connectivity index (χ1v) is 6.83. The molecule has 0 aromatic heterocycles. The Labute approximate surface area is 125 Å². The van der Waals surface area contributed by atoms with E-state index in [2.05, 4.69) is 16.6 Å². The molecule has 0 atom stereocenters. The van der Waals surface area contributed by atoms with Gasteiger partial charge in [-0.25, -0.2) is 0 Å². The van der Waals surface area contributed by atoms with Gasteiger partial charge in [0, 0.05) is 5.69 Å². The van der Waals surface area contributed by atoms with Crippen molar-refractivity contribution in [1.82, 2.24) is 10.2 Å². The summed E-state index contributed by atoms with van der Waals surface area (Å²) in [6, 6.07) is 7.67. The Morgan fingerprint density at radius 2 is 1.90 bits per heavy atom. The van der Waals surface area contributed by atoms with Gasteiger partial charge in [0.25, 0.3) is 0 Å². The van der Waals surface area contributed by atoms with Crippen LogP contribution in [0.4, 0.5) is 5.69 Å². The second-order valence-corrected chi connectivity index (χ2v) is 4.71. The summed E-state index contributed by atoms with van der Waals surface area (Å²) in [6.45, 7) is 2.50. The van der Waals surface area contributed by atoms with Crippen molar-refractivity contribution >= 4 is 17.5 Å². The van der Waals surface area contributed by atoms with Crippen LogP contribution in [-0.2, 0) is 16.0 Å². The summed E-state index contributed by atoms with van der Waals surface area (Å²) in [4.78, 5) is 25.1. The highest BCUT2D eigenvalue weighted by Gasteiger charge is 2.11. The Morgan fingerprint density at radius 3 is 2.57 bits per heavy atom. The van der Waals surface area contributed by atoms with Gasteiger partial charge in [-0.15, -0.1) is 6.42 Å². The average Bonchev–Trinajstić information content (AvgIpc) is 2.45. The predicted octanol–water partition coefficient (Wildman–Crippen LogP) is 0.869.